The first kappa shape index (κ1) is 13.2. The lowest BCUT2D eigenvalue weighted by atomic mass is 10.1. The highest BCUT2D eigenvalue weighted by Gasteiger charge is 2.11. The second kappa shape index (κ2) is 5.57. The van der Waals surface area contributed by atoms with Gasteiger partial charge in [0.2, 0.25) is 5.91 Å². The molecule has 19 heavy (non-hydrogen) atoms. The molecule has 2 rings (SSSR count). The number of amides is 1. The number of carbonyl (C=O) groups excluding carboxylic acids is 1. The number of carbonyl (C=O) groups is 1. The van der Waals surface area contributed by atoms with Gasteiger partial charge in [-0.05, 0) is 25.0 Å². The Morgan fingerprint density at radius 3 is 2.89 bits per heavy atom. The van der Waals surface area contributed by atoms with Crippen LogP contribution in [-0.2, 0) is 11.2 Å². The minimum Gasteiger partial charge on any atom is -0.358 e. The number of rotatable bonds is 4. The summed E-state index contributed by atoms with van der Waals surface area (Å²) in [5, 5.41) is 9.73. The van der Waals surface area contributed by atoms with Gasteiger partial charge in [0.25, 0.3) is 0 Å². The van der Waals surface area contributed by atoms with Gasteiger partial charge < -0.3 is 9.88 Å². The van der Waals surface area contributed by atoms with Crippen molar-refractivity contribution in [2.24, 2.45) is 0 Å². The molecule has 0 unspecified atom stereocenters. The van der Waals surface area contributed by atoms with Crippen molar-refractivity contribution in [3.05, 3.63) is 35.5 Å². The molecule has 0 saturated heterocycles. The van der Waals surface area contributed by atoms with Crippen molar-refractivity contribution >= 4 is 16.8 Å². The molecule has 0 aliphatic carbocycles. The number of aromatic nitrogens is 1. The quantitative estimate of drug-likeness (QED) is 0.911. The summed E-state index contributed by atoms with van der Waals surface area (Å²) in [6.45, 7) is 2.68. The molecular formula is C15H17N3O. The third-order valence-electron chi connectivity index (χ3n) is 3.38. The van der Waals surface area contributed by atoms with Gasteiger partial charge in [0.1, 0.15) is 6.42 Å². The first-order valence-electron chi connectivity index (χ1n) is 6.30. The van der Waals surface area contributed by atoms with Crippen LogP contribution in [0.25, 0.3) is 10.9 Å². The van der Waals surface area contributed by atoms with E-state index in [4.69, 9.17) is 5.26 Å². The van der Waals surface area contributed by atoms with Crippen molar-refractivity contribution < 1.29 is 4.79 Å². The van der Waals surface area contributed by atoms with E-state index in [1.807, 2.05) is 25.1 Å². The number of aromatic amines is 1. The summed E-state index contributed by atoms with van der Waals surface area (Å²) in [6, 6.07) is 10.0. The number of likely N-dealkylation sites (N-methyl/N-ethyl adjacent to an activating group) is 1. The molecule has 1 amide bonds. The Hall–Kier alpha value is -2.28. The summed E-state index contributed by atoms with van der Waals surface area (Å²) >= 11 is 0. The summed E-state index contributed by atoms with van der Waals surface area (Å²) in [5.74, 6) is -0.125. The number of hydrogen-bond acceptors (Lipinski definition) is 2. The third-order valence-corrected chi connectivity index (χ3v) is 3.38. The molecular weight excluding hydrogens is 238 g/mol. The number of nitrogens with one attached hydrogen (secondary N) is 1. The number of aryl methyl sites for hydroxylation is 1. The van der Waals surface area contributed by atoms with E-state index >= 15 is 0 Å². The van der Waals surface area contributed by atoms with Crippen LogP contribution in [0.1, 0.15) is 17.7 Å². The molecule has 1 N–H and O–H groups in total. The van der Waals surface area contributed by atoms with E-state index in [9.17, 15) is 4.79 Å². The number of para-hydroxylation sites is 1. The van der Waals surface area contributed by atoms with E-state index in [1.165, 1.54) is 10.9 Å². The zero-order valence-electron chi connectivity index (χ0n) is 11.2. The van der Waals surface area contributed by atoms with Gasteiger partial charge in [0.05, 0.1) is 6.07 Å². The molecule has 0 atom stereocenters. The average molecular weight is 255 g/mol. The number of H-pyrrole nitrogens is 1. The molecule has 2 aromatic rings. The minimum absolute atomic E-state index is 0.0522. The molecule has 0 saturated carbocycles. The summed E-state index contributed by atoms with van der Waals surface area (Å²) in [5.41, 5.74) is 3.51. The van der Waals surface area contributed by atoms with E-state index in [0.717, 1.165) is 17.6 Å². The zero-order chi connectivity index (χ0) is 13.8. The van der Waals surface area contributed by atoms with Gasteiger partial charge in [-0.3, -0.25) is 4.79 Å². The SMILES string of the molecule is Cc1[nH]c2ccccc2c1CCN(C)C(=O)CC#N. The van der Waals surface area contributed by atoms with Gasteiger partial charge in [-0.1, -0.05) is 18.2 Å². The Labute approximate surface area is 112 Å². The lowest BCUT2D eigenvalue weighted by Crippen LogP contribution is -2.28. The predicted octanol–water partition coefficient (Wildman–Crippen LogP) is 2.39. The lowest BCUT2D eigenvalue weighted by Gasteiger charge is -2.15. The fraction of sp³-hybridized carbons (Fsp3) is 0.333. The first-order chi connectivity index (χ1) is 9.13. The molecule has 1 aromatic heterocycles. The highest BCUT2D eigenvalue weighted by Crippen LogP contribution is 2.22. The molecule has 0 bridgehead atoms. The highest BCUT2D eigenvalue weighted by atomic mass is 16.2. The van der Waals surface area contributed by atoms with Crippen LogP contribution in [0, 0.1) is 18.3 Å². The van der Waals surface area contributed by atoms with Crippen molar-refractivity contribution in [2.75, 3.05) is 13.6 Å². The van der Waals surface area contributed by atoms with Gasteiger partial charge in [-0.15, -0.1) is 0 Å². The van der Waals surface area contributed by atoms with Gasteiger partial charge >= 0.3 is 0 Å². The number of fused-ring (bicyclic) bond motifs is 1. The number of nitriles is 1. The minimum atomic E-state index is -0.125. The smallest absolute Gasteiger partial charge is 0.236 e. The number of benzene rings is 1. The van der Waals surface area contributed by atoms with Crippen molar-refractivity contribution in [1.29, 1.82) is 5.26 Å². The predicted molar refractivity (Wildman–Crippen MR) is 74.6 cm³/mol. The topological polar surface area (TPSA) is 59.9 Å². The Kier molecular flexibility index (Phi) is 3.86. The van der Waals surface area contributed by atoms with Crippen LogP contribution < -0.4 is 0 Å². The second-order valence-electron chi connectivity index (χ2n) is 4.67. The third kappa shape index (κ3) is 2.76. The van der Waals surface area contributed by atoms with Gasteiger partial charge in [0.15, 0.2) is 0 Å². The standard InChI is InChI=1S/C15H17N3O/c1-11-12(8-10-18(2)15(19)7-9-16)13-5-3-4-6-14(13)17-11/h3-6,17H,7-8,10H2,1-2H3. The van der Waals surface area contributed by atoms with Gasteiger partial charge in [-0.25, -0.2) is 0 Å². The fourth-order valence-electron chi connectivity index (χ4n) is 2.26. The highest BCUT2D eigenvalue weighted by molar-refractivity contribution is 5.84. The van der Waals surface area contributed by atoms with Crippen LogP contribution in [-0.4, -0.2) is 29.4 Å². The maximum atomic E-state index is 11.5. The molecule has 1 aromatic carbocycles. The molecule has 0 radical (unpaired) electrons. The van der Waals surface area contributed by atoms with Crippen LogP contribution in [0.4, 0.5) is 0 Å². The molecule has 0 fully saturated rings. The van der Waals surface area contributed by atoms with Crippen molar-refractivity contribution in [3.8, 4) is 6.07 Å². The van der Waals surface area contributed by atoms with Gasteiger partial charge in [-0.2, -0.15) is 5.26 Å². The van der Waals surface area contributed by atoms with Crippen molar-refractivity contribution in [2.45, 2.75) is 19.8 Å². The van der Waals surface area contributed by atoms with Crippen LogP contribution in [0.5, 0.6) is 0 Å². The number of nitrogens with zero attached hydrogens (tertiary/aromatic N) is 2. The average Bonchev–Trinajstić information content (AvgIpc) is 2.72. The van der Waals surface area contributed by atoms with Crippen LogP contribution >= 0.6 is 0 Å². The van der Waals surface area contributed by atoms with Crippen molar-refractivity contribution in [3.63, 3.8) is 0 Å². The monoisotopic (exact) mass is 255 g/mol. The van der Waals surface area contributed by atoms with E-state index in [2.05, 4.69) is 17.1 Å². The van der Waals surface area contributed by atoms with Gasteiger partial charge in [0, 0.05) is 30.2 Å². The summed E-state index contributed by atoms with van der Waals surface area (Å²) in [7, 11) is 1.74. The Balaban J connectivity index is 2.12. The fourth-order valence-corrected chi connectivity index (χ4v) is 2.26. The van der Waals surface area contributed by atoms with E-state index in [1.54, 1.807) is 11.9 Å². The van der Waals surface area contributed by atoms with Crippen LogP contribution in [0.3, 0.4) is 0 Å². The summed E-state index contributed by atoms with van der Waals surface area (Å²) in [6.07, 6.45) is 0.743. The molecule has 1 heterocycles. The summed E-state index contributed by atoms with van der Waals surface area (Å²) in [4.78, 5) is 16.5. The largest absolute Gasteiger partial charge is 0.358 e. The zero-order valence-corrected chi connectivity index (χ0v) is 11.2. The molecule has 98 valence electrons. The molecule has 0 aliphatic heterocycles. The Bertz CT molecular complexity index is 636. The Morgan fingerprint density at radius 1 is 1.42 bits per heavy atom. The van der Waals surface area contributed by atoms with Crippen molar-refractivity contribution in [1.82, 2.24) is 9.88 Å². The number of hydrogen-bond donors (Lipinski definition) is 1. The normalized spacial score (nSPS) is 10.4. The maximum Gasteiger partial charge on any atom is 0.236 e. The Morgan fingerprint density at radius 2 is 2.16 bits per heavy atom. The van der Waals surface area contributed by atoms with Crippen LogP contribution in [0.15, 0.2) is 24.3 Å². The molecule has 4 nitrogen and oxygen atoms in total. The van der Waals surface area contributed by atoms with E-state index in [0.29, 0.717) is 6.54 Å². The van der Waals surface area contributed by atoms with E-state index in [-0.39, 0.29) is 12.3 Å². The first-order valence-corrected chi connectivity index (χ1v) is 6.30. The maximum absolute atomic E-state index is 11.5. The van der Waals surface area contributed by atoms with Crippen LogP contribution in [0.2, 0.25) is 0 Å². The molecule has 4 heteroatoms. The van der Waals surface area contributed by atoms with E-state index < -0.39 is 0 Å². The molecule has 0 spiro atoms. The second-order valence-corrected chi connectivity index (χ2v) is 4.67. The summed E-state index contributed by atoms with van der Waals surface area (Å²) < 4.78 is 0. The lowest BCUT2D eigenvalue weighted by molar-refractivity contribution is -0.128. The molecule has 0 aliphatic rings.